The monoisotopic (exact) mass is 260 g/mol. The first-order valence-electron chi connectivity index (χ1n) is 7.03. The van der Waals surface area contributed by atoms with Gasteiger partial charge in [0.15, 0.2) is 0 Å². The summed E-state index contributed by atoms with van der Waals surface area (Å²) < 4.78 is 5.69. The molecule has 0 atom stereocenters. The molecule has 0 N–H and O–H groups in total. The van der Waals surface area contributed by atoms with Gasteiger partial charge in [0, 0.05) is 13.1 Å². The number of unbranched alkanes of at least 4 members (excludes halogenated alkanes) is 1. The predicted molar refractivity (Wildman–Crippen MR) is 80.8 cm³/mol. The smallest absolute Gasteiger partial charge is 0.213 e. The molecule has 0 bridgehead atoms. The molecule has 1 aliphatic heterocycles. The van der Waals surface area contributed by atoms with Crippen molar-refractivity contribution in [2.75, 3.05) is 18.6 Å². The summed E-state index contributed by atoms with van der Waals surface area (Å²) in [5.41, 5.74) is 3.46. The van der Waals surface area contributed by atoms with E-state index in [0.29, 0.717) is 0 Å². The molecule has 1 aliphatic rings. The maximum atomic E-state index is 5.69. The summed E-state index contributed by atoms with van der Waals surface area (Å²) in [4.78, 5) is 6.91. The largest absolute Gasteiger partial charge is 0.478 e. The molecule has 3 heteroatoms. The first-order valence-corrected chi connectivity index (χ1v) is 7.03. The van der Waals surface area contributed by atoms with E-state index in [2.05, 4.69) is 56.8 Å². The minimum absolute atomic E-state index is 0.0311. The van der Waals surface area contributed by atoms with Crippen molar-refractivity contribution in [2.24, 2.45) is 0 Å². The van der Waals surface area contributed by atoms with Crippen LogP contribution in [0.2, 0.25) is 0 Å². The second-order valence-electron chi connectivity index (χ2n) is 5.76. The number of aromatic nitrogens is 1. The minimum Gasteiger partial charge on any atom is -0.478 e. The molecule has 3 nitrogen and oxygen atoms in total. The molecule has 2 rings (SSSR count). The van der Waals surface area contributed by atoms with Gasteiger partial charge in [0.05, 0.1) is 23.5 Å². The maximum absolute atomic E-state index is 5.69. The van der Waals surface area contributed by atoms with E-state index in [9.17, 15) is 0 Å². The van der Waals surface area contributed by atoms with Crippen LogP contribution in [0.4, 0.5) is 5.69 Å². The Bertz CT molecular complexity index is 492. The van der Waals surface area contributed by atoms with Crippen LogP contribution >= 0.6 is 0 Å². The van der Waals surface area contributed by atoms with Gasteiger partial charge in [-0.05, 0) is 38.8 Å². The molecule has 2 heterocycles. The zero-order valence-corrected chi connectivity index (χ0v) is 12.7. The van der Waals surface area contributed by atoms with E-state index in [1.165, 1.54) is 11.3 Å². The van der Waals surface area contributed by atoms with Gasteiger partial charge in [0.25, 0.3) is 0 Å². The van der Waals surface area contributed by atoms with E-state index in [1.807, 2.05) is 6.07 Å². The molecule has 0 spiro atoms. The number of hydrogen-bond donors (Lipinski definition) is 0. The molecule has 0 saturated carbocycles. The number of nitrogens with zero attached hydrogens (tertiary/aromatic N) is 2. The molecule has 0 unspecified atom stereocenters. The van der Waals surface area contributed by atoms with Crippen LogP contribution in [0.15, 0.2) is 18.2 Å². The van der Waals surface area contributed by atoms with Gasteiger partial charge in [-0.3, -0.25) is 0 Å². The van der Waals surface area contributed by atoms with Crippen molar-refractivity contribution in [3.63, 3.8) is 0 Å². The predicted octanol–water partition coefficient (Wildman–Crippen LogP) is 3.89. The molecule has 0 fully saturated rings. The third kappa shape index (κ3) is 2.75. The summed E-state index contributed by atoms with van der Waals surface area (Å²) in [5.74, 6) is 0.730. The van der Waals surface area contributed by atoms with Crippen LogP contribution in [0.5, 0.6) is 5.88 Å². The Morgan fingerprint density at radius 3 is 2.74 bits per heavy atom. The van der Waals surface area contributed by atoms with Crippen LogP contribution in [0.1, 0.15) is 46.2 Å². The molecule has 0 aromatic carbocycles. The van der Waals surface area contributed by atoms with E-state index in [1.54, 1.807) is 0 Å². The minimum atomic E-state index is 0.0311. The first-order chi connectivity index (χ1) is 8.95. The Kier molecular flexibility index (Phi) is 3.83. The van der Waals surface area contributed by atoms with Crippen molar-refractivity contribution >= 4 is 11.3 Å². The summed E-state index contributed by atoms with van der Waals surface area (Å²) in [6, 6.07) is 4.08. The fourth-order valence-corrected chi connectivity index (χ4v) is 2.40. The van der Waals surface area contributed by atoms with Crippen molar-refractivity contribution < 1.29 is 4.74 Å². The number of likely N-dealkylation sites (N-methyl/N-ethyl adjacent to an activating group) is 1. The quantitative estimate of drug-likeness (QED) is 0.768. The van der Waals surface area contributed by atoms with Gasteiger partial charge in [-0.1, -0.05) is 19.4 Å². The van der Waals surface area contributed by atoms with Crippen LogP contribution in [0.25, 0.3) is 5.57 Å². The van der Waals surface area contributed by atoms with Gasteiger partial charge < -0.3 is 9.64 Å². The first kappa shape index (κ1) is 13.9. The summed E-state index contributed by atoms with van der Waals surface area (Å²) in [7, 11) is 2.11. The Hall–Kier alpha value is -1.51. The molecule has 0 aliphatic carbocycles. The van der Waals surface area contributed by atoms with Gasteiger partial charge in [0.2, 0.25) is 5.88 Å². The van der Waals surface area contributed by atoms with Crippen LogP contribution < -0.4 is 9.64 Å². The third-order valence-electron chi connectivity index (χ3n) is 3.77. The second kappa shape index (κ2) is 5.24. The van der Waals surface area contributed by atoms with Crippen LogP contribution in [-0.2, 0) is 0 Å². The summed E-state index contributed by atoms with van der Waals surface area (Å²) in [6.07, 6.45) is 4.47. The lowest BCUT2D eigenvalue weighted by molar-refractivity contribution is 0.297. The van der Waals surface area contributed by atoms with E-state index < -0.39 is 0 Å². The Morgan fingerprint density at radius 1 is 1.32 bits per heavy atom. The van der Waals surface area contributed by atoms with Crippen LogP contribution in [0, 0.1) is 0 Å². The van der Waals surface area contributed by atoms with E-state index in [0.717, 1.165) is 31.0 Å². The molecule has 1 aromatic heterocycles. The van der Waals surface area contributed by atoms with E-state index in [-0.39, 0.29) is 5.54 Å². The molecular formula is C16H24N2O. The van der Waals surface area contributed by atoms with Crippen molar-refractivity contribution in [2.45, 2.75) is 46.1 Å². The molecule has 19 heavy (non-hydrogen) atoms. The van der Waals surface area contributed by atoms with Crippen LogP contribution in [0.3, 0.4) is 0 Å². The fourth-order valence-electron chi connectivity index (χ4n) is 2.40. The molecule has 1 aromatic rings. The molecule has 104 valence electrons. The summed E-state index contributed by atoms with van der Waals surface area (Å²) >= 11 is 0. The fraction of sp³-hybridized carbons (Fsp3) is 0.562. The number of hydrogen-bond acceptors (Lipinski definition) is 3. The number of ether oxygens (including phenoxy) is 1. The molecule has 0 saturated heterocycles. The standard InChI is InChI=1S/C16H24N2O/c1-6-7-10-19-14-9-8-13-15(17-14)12(2)11-16(3,4)18(13)5/h8-9,11H,6-7,10H2,1-5H3. The van der Waals surface area contributed by atoms with Crippen molar-refractivity contribution in [3.05, 3.63) is 23.9 Å². The summed E-state index contributed by atoms with van der Waals surface area (Å²) in [5, 5.41) is 0. The number of fused-ring (bicyclic) bond motifs is 1. The zero-order chi connectivity index (χ0) is 14.0. The third-order valence-corrected chi connectivity index (χ3v) is 3.77. The van der Waals surface area contributed by atoms with Gasteiger partial charge in [-0.25, -0.2) is 4.98 Å². The lowest BCUT2D eigenvalue weighted by Gasteiger charge is -2.40. The highest BCUT2D eigenvalue weighted by atomic mass is 16.5. The van der Waals surface area contributed by atoms with Gasteiger partial charge in [-0.2, -0.15) is 0 Å². The lowest BCUT2D eigenvalue weighted by atomic mass is 9.92. The number of pyridine rings is 1. The highest BCUT2D eigenvalue weighted by Gasteiger charge is 2.29. The van der Waals surface area contributed by atoms with Crippen molar-refractivity contribution in [1.29, 1.82) is 0 Å². The molecule has 0 radical (unpaired) electrons. The number of rotatable bonds is 4. The Labute approximate surface area is 116 Å². The maximum Gasteiger partial charge on any atom is 0.213 e. The summed E-state index contributed by atoms with van der Waals surface area (Å²) in [6.45, 7) is 9.45. The van der Waals surface area contributed by atoms with Crippen molar-refractivity contribution in [3.8, 4) is 5.88 Å². The highest BCUT2D eigenvalue weighted by molar-refractivity contribution is 5.78. The van der Waals surface area contributed by atoms with Gasteiger partial charge in [0.1, 0.15) is 0 Å². The van der Waals surface area contributed by atoms with Crippen molar-refractivity contribution in [1.82, 2.24) is 4.98 Å². The Balaban J connectivity index is 2.28. The van der Waals surface area contributed by atoms with Gasteiger partial charge in [-0.15, -0.1) is 0 Å². The molecule has 0 amide bonds. The number of anilines is 1. The van der Waals surface area contributed by atoms with E-state index in [4.69, 9.17) is 4.74 Å². The lowest BCUT2D eigenvalue weighted by Crippen LogP contribution is -2.42. The average molecular weight is 260 g/mol. The topological polar surface area (TPSA) is 25.4 Å². The average Bonchev–Trinajstić information content (AvgIpc) is 2.36. The SMILES string of the molecule is CCCCOc1ccc2c(n1)C(C)=CC(C)(C)N2C. The highest BCUT2D eigenvalue weighted by Crippen LogP contribution is 2.37. The van der Waals surface area contributed by atoms with Gasteiger partial charge >= 0.3 is 0 Å². The van der Waals surface area contributed by atoms with E-state index >= 15 is 0 Å². The normalized spacial score (nSPS) is 16.9. The Morgan fingerprint density at radius 2 is 2.05 bits per heavy atom. The number of allylic oxidation sites excluding steroid dienone is 1. The van der Waals surface area contributed by atoms with Crippen LogP contribution in [-0.4, -0.2) is 24.2 Å². The second-order valence-corrected chi connectivity index (χ2v) is 5.76. The zero-order valence-electron chi connectivity index (χ0n) is 12.7. The molecular weight excluding hydrogens is 236 g/mol.